The molecule has 1 amide bonds. The van der Waals surface area contributed by atoms with Crippen molar-refractivity contribution in [2.24, 2.45) is 0 Å². The van der Waals surface area contributed by atoms with Crippen LogP contribution in [0.4, 0.5) is 19.6 Å². The normalized spacial score (nSPS) is 19.1. The molecule has 2 heterocycles. The van der Waals surface area contributed by atoms with Gasteiger partial charge >= 0.3 is 5.97 Å². The number of benzene rings is 2. The van der Waals surface area contributed by atoms with Crippen molar-refractivity contribution in [2.75, 3.05) is 4.90 Å². The summed E-state index contributed by atoms with van der Waals surface area (Å²) in [5.74, 6) is -3.12. The Morgan fingerprint density at radius 3 is 2.81 bits per heavy atom. The van der Waals surface area contributed by atoms with Crippen molar-refractivity contribution in [3.63, 3.8) is 0 Å². The summed E-state index contributed by atoms with van der Waals surface area (Å²) < 4.78 is 33.3. The van der Waals surface area contributed by atoms with Gasteiger partial charge in [-0.15, -0.1) is 0 Å². The van der Waals surface area contributed by atoms with E-state index in [0.29, 0.717) is 11.4 Å². The molecule has 0 saturated heterocycles. The van der Waals surface area contributed by atoms with Gasteiger partial charge in [-0.05, 0) is 19.1 Å². The maximum Gasteiger partial charge on any atom is 0.307 e. The summed E-state index contributed by atoms with van der Waals surface area (Å²) in [6.45, 7) is 1.37. The highest BCUT2D eigenvalue weighted by atomic mass is 32.1. The van der Waals surface area contributed by atoms with Gasteiger partial charge in [-0.2, -0.15) is 0 Å². The third-order valence-corrected chi connectivity index (χ3v) is 5.24. The van der Waals surface area contributed by atoms with E-state index >= 15 is 0 Å². The molecule has 0 radical (unpaired) electrons. The molecular weight excluding hydrogens is 378 g/mol. The molecule has 4 rings (SSSR count). The maximum absolute atomic E-state index is 14.1. The summed E-state index contributed by atoms with van der Waals surface area (Å²) >= 11 is 0.875. The molecule has 0 bridgehead atoms. The SMILES string of the molecule is CC1(CC(=O)O)Oc2ccccc2N(c2nc3cc(F)cc(F)c3s2)C1=O. The van der Waals surface area contributed by atoms with Crippen LogP contribution in [0.2, 0.25) is 0 Å². The summed E-state index contributed by atoms with van der Waals surface area (Å²) in [4.78, 5) is 29.7. The summed E-state index contributed by atoms with van der Waals surface area (Å²) in [6, 6.07) is 8.38. The van der Waals surface area contributed by atoms with Gasteiger partial charge in [0.05, 0.1) is 22.3 Å². The lowest BCUT2D eigenvalue weighted by atomic mass is 9.97. The number of ether oxygens (including phenoxy) is 1. The number of carboxylic acids is 1. The van der Waals surface area contributed by atoms with Crippen LogP contribution < -0.4 is 9.64 Å². The van der Waals surface area contributed by atoms with E-state index in [9.17, 15) is 23.5 Å². The number of aromatic nitrogens is 1. The molecule has 2 aromatic carbocycles. The highest BCUT2D eigenvalue weighted by Gasteiger charge is 2.47. The zero-order valence-electron chi connectivity index (χ0n) is 13.9. The molecule has 1 aliphatic heterocycles. The fourth-order valence-electron chi connectivity index (χ4n) is 2.99. The number of aliphatic carboxylic acids is 1. The van der Waals surface area contributed by atoms with Crippen LogP contribution in [-0.2, 0) is 9.59 Å². The van der Waals surface area contributed by atoms with Crippen LogP contribution in [0.15, 0.2) is 36.4 Å². The lowest BCUT2D eigenvalue weighted by molar-refractivity contribution is -0.148. The molecule has 1 aliphatic rings. The predicted molar refractivity (Wildman–Crippen MR) is 94.4 cm³/mol. The van der Waals surface area contributed by atoms with Crippen LogP contribution >= 0.6 is 11.3 Å². The van der Waals surface area contributed by atoms with E-state index in [2.05, 4.69) is 4.98 Å². The first-order valence-electron chi connectivity index (χ1n) is 7.88. The van der Waals surface area contributed by atoms with Gasteiger partial charge in [0.2, 0.25) is 0 Å². The molecule has 3 aromatic rings. The van der Waals surface area contributed by atoms with Crippen molar-refractivity contribution in [2.45, 2.75) is 18.9 Å². The fourth-order valence-corrected chi connectivity index (χ4v) is 3.96. The molecular formula is C18H12F2N2O4S. The molecule has 27 heavy (non-hydrogen) atoms. The Hall–Kier alpha value is -3.07. The van der Waals surface area contributed by atoms with Crippen molar-refractivity contribution in [3.8, 4) is 5.75 Å². The van der Waals surface area contributed by atoms with Gasteiger partial charge in [-0.3, -0.25) is 9.59 Å². The van der Waals surface area contributed by atoms with Crippen molar-refractivity contribution >= 4 is 44.2 Å². The van der Waals surface area contributed by atoms with E-state index in [1.54, 1.807) is 24.3 Å². The van der Waals surface area contributed by atoms with Gasteiger partial charge in [0, 0.05) is 12.1 Å². The van der Waals surface area contributed by atoms with E-state index in [4.69, 9.17) is 4.74 Å². The molecule has 0 spiro atoms. The summed E-state index contributed by atoms with van der Waals surface area (Å²) in [6.07, 6.45) is -0.565. The number of para-hydroxylation sites is 2. The van der Waals surface area contributed by atoms with Crippen molar-refractivity contribution in [3.05, 3.63) is 48.0 Å². The van der Waals surface area contributed by atoms with Crippen LogP contribution in [0.5, 0.6) is 5.75 Å². The molecule has 0 aliphatic carbocycles. The number of hydrogen-bond donors (Lipinski definition) is 1. The van der Waals surface area contributed by atoms with E-state index in [-0.39, 0.29) is 15.3 Å². The van der Waals surface area contributed by atoms with Gasteiger partial charge < -0.3 is 9.84 Å². The highest BCUT2D eigenvalue weighted by Crippen LogP contribution is 2.45. The van der Waals surface area contributed by atoms with Crippen molar-refractivity contribution < 1.29 is 28.2 Å². The molecule has 6 nitrogen and oxygen atoms in total. The average Bonchev–Trinajstić information content (AvgIpc) is 2.99. The number of thiazole rings is 1. The first kappa shape index (κ1) is 17.3. The Morgan fingerprint density at radius 2 is 2.07 bits per heavy atom. The summed E-state index contributed by atoms with van der Waals surface area (Å²) in [7, 11) is 0. The monoisotopic (exact) mass is 390 g/mol. The Bertz CT molecular complexity index is 1100. The highest BCUT2D eigenvalue weighted by molar-refractivity contribution is 7.22. The number of fused-ring (bicyclic) bond motifs is 2. The van der Waals surface area contributed by atoms with Crippen LogP contribution in [0, 0.1) is 11.6 Å². The predicted octanol–water partition coefficient (Wildman–Crippen LogP) is 3.87. The first-order valence-corrected chi connectivity index (χ1v) is 8.70. The number of hydrogen-bond acceptors (Lipinski definition) is 5. The standard InChI is InChI=1S/C18H12F2N2O4S/c1-18(8-14(23)24)16(25)22(12-4-2-3-5-13(12)26-18)17-21-11-7-9(19)6-10(20)15(11)27-17/h2-7H,8H2,1H3,(H,23,24). The van der Waals surface area contributed by atoms with E-state index < -0.39 is 35.5 Å². The number of halogens is 2. The second-order valence-electron chi connectivity index (χ2n) is 6.24. The zero-order valence-corrected chi connectivity index (χ0v) is 14.7. The summed E-state index contributed by atoms with van der Waals surface area (Å²) in [5.41, 5.74) is -1.24. The second-order valence-corrected chi connectivity index (χ2v) is 7.22. The molecule has 0 fully saturated rings. The number of rotatable bonds is 3. The zero-order chi connectivity index (χ0) is 19.3. The molecule has 9 heteroatoms. The number of carbonyl (C=O) groups excluding carboxylic acids is 1. The number of amides is 1. The van der Waals surface area contributed by atoms with Gasteiger partial charge in [0.25, 0.3) is 5.91 Å². The van der Waals surface area contributed by atoms with Crippen molar-refractivity contribution in [1.82, 2.24) is 4.98 Å². The van der Waals surface area contributed by atoms with Gasteiger partial charge in [-0.1, -0.05) is 23.5 Å². The lowest BCUT2D eigenvalue weighted by Gasteiger charge is -2.38. The molecule has 1 N–H and O–H groups in total. The maximum atomic E-state index is 14.1. The van der Waals surface area contributed by atoms with Gasteiger partial charge in [-0.25, -0.2) is 18.7 Å². The number of carbonyl (C=O) groups is 2. The molecule has 138 valence electrons. The number of anilines is 2. The first-order chi connectivity index (χ1) is 12.8. The number of nitrogens with zero attached hydrogens (tertiary/aromatic N) is 2. The Balaban J connectivity index is 1.91. The van der Waals surface area contributed by atoms with Crippen LogP contribution in [0.3, 0.4) is 0 Å². The van der Waals surface area contributed by atoms with Crippen molar-refractivity contribution in [1.29, 1.82) is 0 Å². The largest absolute Gasteiger partial charge is 0.481 e. The summed E-state index contributed by atoms with van der Waals surface area (Å²) in [5, 5.41) is 9.28. The van der Waals surface area contributed by atoms with Gasteiger partial charge in [0.1, 0.15) is 17.4 Å². The average molecular weight is 390 g/mol. The second kappa shape index (κ2) is 5.98. The van der Waals surface area contributed by atoms with Crippen LogP contribution in [0.25, 0.3) is 10.2 Å². The smallest absolute Gasteiger partial charge is 0.307 e. The molecule has 0 saturated carbocycles. The third-order valence-electron chi connectivity index (χ3n) is 4.17. The van der Waals surface area contributed by atoms with E-state index in [1.807, 2.05) is 0 Å². The molecule has 1 unspecified atom stereocenters. The minimum absolute atomic E-state index is 0.0733. The quantitative estimate of drug-likeness (QED) is 0.735. The minimum atomic E-state index is -1.66. The Labute approximate surface area is 155 Å². The van der Waals surface area contributed by atoms with Crippen LogP contribution in [-0.4, -0.2) is 27.6 Å². The lowest BCUT2D eigenvalue weighted by Crippen LogP contribution is -2.53. The minimum Gasteiger partial charge on any atom is -0.481 e. The number of carboxylic acid groups (broad SMARTS) is 1. The topological polar surface area (TPSA) is 79.7 Å². The molecule has 1 aromatic heterocycles. The van der Waals surface area contributed by atoms with E-state index in [0.717, 1.165) is 23.5 Å². The van der Waals surface area contributed by atoms with Crippen LogP contribution in [0.1, 0.15) is 13.3 Å². The fraction of sp³-hybridized carbons (Fsp3) is 0.167. The third kappa shape index (κ3) is 2.80. The Morgan fingerprint density at radius 1 is 1.33 bits per heavy atom. The van der Waals surface area contributed by atoms with E-state index in [1.165, 1.54) is 11.8 Å². The van der Waals surface area contributed by atoms with Gasteiger partial charge in [0.15, 0.2) is 10.7 Å². The molecule has 1 atom stereocenters. The Kier molecular flexibility index (Phi) is 3.84.